The van der Waals surface area contributed by atoms with E-state index in [4.69, 9.17) is 0 Å². The topological polar surface area (TPSA) is 61.5 Å². The Morgan fingerprint density at radius 2 is 2.12 bits per heavy atom. The Balaban J connectivity index is 2.37. The number of rotatable bonds is 7. The third kappa shape index (κ3) is 4.75. The van der Waals surface area contributed by atoms with Crippen LogP contribution in [0, 0.1) is 5.41 Å². The van der Waals surface area contributed by atoms with Gasteiger partial charge in [0.15, 0.2) is 0 Å². The van der Waals surface area contributed by atoms with Crippen LogP contribution < -0.4 is 0 Å². The second-order valence-electron chi connectivity index (χ2n) is 4.79. The number of likely N-dealkylation sites (N-methyl/N-ethyl adjacent to an activating group) is 1. The van der Waals surface area contributed by atoms with E-state index in [1.54, 1.807) is 6.20 Å². The van der Waals surface area contributed by atoms with Crippen LogP contribution in [0.3, 0.4) is 0 Å². The number of aliphatic hydroxyl groups is 2. The highest BCUT2D eigenvalue weighted by Gasteiger charge is 2.24. The Labute approximate surface area is 110 Å². The molecule has 0 aromatic carbocycles. The highest BCUT2D eigenvalue weighted by atomic mass is 79.9. The Hall–Kier alpha value is -0.430. The molecular weight excluding hydrogens is 286 g/mol. The van der Waals surface area contributed by atoms with Crippen molar-refractivity contribution in [3.8, 4) is 0 Å². The van der Waals surface area contributed by atoms with Gasteiger partial charge in [-0.1, -0.05) is 6.92 Å². The van der Waals surface area contributed by atoms with Gasteiger partial charge < -0.3 is 15.1 Å². The van der Waals surface area contributed by atoms with Gasteiger partial charge in [-0.05, 0) is 23.0 Å². The molecule has 0 aliphatic rings. The molecule has 0 amide bonds. The minimum Gasteiger partial charge on any atom is -0.396 e. The van der Waals surface area contributed by atoms with Crippen molar-refractivity contribution in [2.45, 2.75) is 13.5 Å². The number of aromatic nitrogens is 2. The van der Waals surface area contributed by atoms with Crippen LogP contribution in [0.25, 0.3) is 0 Å². The highest BCUT2D eigenvalue weighted by molar-refractivity contribution is 9.10. The van der Waals surface area contributed by atoms with Gasteiger partial charge in [0.25, 0.3) is 0 Å². The van der Waals surface area contributed by atoms with Gasteiger partial charge in [-0.3, -0.25) is 4.68 Å². The molecule has 6 heteroatoms. The van der Waals surface area contributed by atoms with Crippen molar-refractivity contribution in [1.82, 2.24) is 14.7 Å². The van der Waals surface area contributed by atoms with Crippen molar-refractivity contribution in [3.05, 3.63) is 16.9 Å². The lowest BCUT2D eigenvalue weighted by Gasteiger charge is -2.30. The first-order valence-electron chi connectivity index (χ1n) is 5.57. The normalized spacial score (nSPS) is 12.4. The van der Waals surface area contributed by atoms with Crippen LogP contribution in [0.15, 0.2) is 16.9 Å². The smallest absolute Gasteiger partial charge is 0.0632 e. The summed E-state index contributed by atoms with van der Waals surface area (Å²) in [5, 5.41) is 22.6. The van der Waals surface area contributed by atoms with Gasteiger partial charge in [-0.2, -0.15) is 5.10 Å². The fraction of sp³-hybridized carbons (Fsp3) is 0.727. The summed E-state index contributed by atoms with van der Waals surface area (Å²) in [5.74, 6) is 0. The van der Waals surface area contributed by atoms with E-state index in [9.17, 15) is 10.2 Å². The molecule has 17 heavy (non-hydrogen) atoms. The van der Waals surface area contributed by atoms with Crippen molar-refractivity contribution < 1.29 is 10.2 Å². The van der Waals surface area contributed by atoms with Gasteiger partial charge in [-0.15, -0.1) is 0 Å². The first kappa shape index (κ1) is 14.6. The zero-order valence-corrected chi connectivity index (χ0v) is 11.9. The monoisotopic (exact) mass is 305 g/mol. The van der Waals surface area contributed by atoms with Crippen LogP contribution in [0.5, 0.6) is 0 Å². The van der Waals surface area contributed by atoms with Gasteiger partial charge in [0.1, 0.15) is 0 Å². The Bertz CT molecular complexity index is 339. The fourth-order valence-corrected chi connectivity index (χ4v) is 1.94. The largest absolute Gasteiger partial charge is 0.396 e. The van der Waals surface area contributed by atoms with Crippen LogP contribution >= 0.6 is 15.9 Å². The van der Waals surface area contributed by atoms with Crippen molar-refractivity contribution in [1.29, 1.82) is 0 Å². The van der Waals surface area contributed by atoms with Gasteiger partial charge in [0.05, 0.1) is 30.4 Å². The van der Waals surface area contributed by atoms with Gasteiger partial charge >= 0.3 is 0 Å². The molecule has 0 aliphatic carbocycles. The van der Waals surface area contributed by atoms with Crippen molar-refractivity contribution in [3.63, 3.8) is 0 Å². The summed E-state index contributed by atoms with van der Waals surface area (Å²) in [5.41, 5.74) is -0.445. The molecule has 0 saturated heterocycles. The van der Waals surface area contributed by atoms with Crippen LogP contribution in [0.2, 0.25) is 0 Å². The standard InChI is InChI=1S/C11H20BrN3O2/c1-11(8-16,9-17)7-14(2)3-4-15-6-10(12)5-13-15/h5-6,16-17H,3-4,7-9H2,1-2H3. The summed E-state index contributed by atoms with van der Waals surface area (Å²) in [7, 11) is 1.97. The van der Waals surface area contributed by atoms with Crippen molar-refractivity contribution in [2.75, 3.05) is 33.4 Å². The van der Waals surface area contributed by atoms with E-state index in [1.165, 1.54) is 0 Å². The first-order chi connectivity index (χ1) is 7.99. The predicted molar refractivity (Wildman–Crippen MR) is 69.7 cm³/mol. The average Bonchev–Trinajstić information content (AvgIpc) is 2.72. The lowest BCUT2D eigenvalue weighted by Crippen LogP contribution is -2.40. The summed E-state index contributed by atoms with van der Waals surface area (Å²) in [6, 6.07) is 0. The summed E-state index contributed by atoms with van der Waals surface area (Å²) in [6.07, 6.45) is 3.68. The second-order valence-corrected chi connectivity index (χ2v) is 5.70. The van der Waals surface area contributed by atoms with E-state index in [-0.39, 0.29) is 13.2 Å². The zero-order chi connectivity index (χ0) is 12.9. The summed E-state index contributed by atoms with van der Waals surface area (Å²) < 4.78 is 2.83. The third-order valence-electron chi connectivity index (χ3n) is 2.73. The first-order valence-corrected chi connectivity index (χ1v) is 6.36. The van der Waals surface area contributed by atoms with Crippen molar-refractivity contribution in [2.24, 2.45) is 5.41 Å². The van der Waals surface area contributed by atoms with Crippen LogP contribution in [-0.2, 0) is 6.54 Å². The Morgan fingerprint density at radius 3 is 2.59 bits per heavy atom. The molecule has 0 saturated carbocycles. The second kappa shape index (κ2) is 6.49. The molecular formula is C11H20BrN3O2. The van der Waals surface area contributed by atoms with Gasteiger partial charge in [-0.25, -0.2) is 0 Å². The number of halogens is 1. The summed E-state index contributed by atoms with van der Waals surface area (Å²) in [4.78, 5) is 2.09. The molecule has 2 N–H and O–H groups in total. The van der Waals surface area contributed by atoms with E-state index in [0.717, 1.165) is 17.6 Å². The third-order valence-corrected chi connectivity index (χ3v) is 3.14. The molecule has 1 aromatic heterocycles. The number of aliphatic hydroxyl groups excluding tert-OH is 2. The molecule has 0 radical (unpaired) electrons. The van der Waals surface area contributed by atoms with Gasteiger partial charge in [0, 0.05) is 24.7 Å². The maximum Gasteiger partial charge on any atom is 0.0632 e. The SMILES string of the molecule is CN(CCn1cc(Br)cn1)CC(C)(CO)CO. The van der Waals surface area contributed by atoms with E-state index < -0.39 is 5.41 Å². The van der Waals surface area contributed by atoms with Crippen LogP contribution in [-0.4, -0.2) is 58.2 Å². The quantitative estimate of drug-likeness (QED) is 0.773. The van der Waals surface area contributed by atoms with Crippen molar-refractivity contribution >= 4 is 15.9 Å². The van der Waals surface area contributed by atoms with Crippen LogP contribution in [0.4, 0.5) is 0 Å². The minimum absolute atomic E-state index is 0.0127. The molecule has 0 aliphatic heterocycles. The molecule has 0 unspecified atom stereocenters. The maximum atomic E-state index is 9.21. The van der Waals surface area contributed by atoms with E-state index in [1.807, 2.05) is 24.9 Å². The molecule has 5 nitrogen and oxygen atoms in total. The molecule has 0 spiro atoms. The van der Waals surface area contributed by atoms with E-state index in [2.05, 4.69) is 25.9 Å². The van der Waals surface area contributed by atoms with Crippen LogP contribution in [0.1, 0.15) is 6.92 Å². The fourth-order valence-electron chi connectivity index (χ4n) is 1.61. The molecule has 98 valence electrons. The Kier molecular flexibility index (Phi) is 5.58. The zero-order valence-electron chi connectivity index (χ0n) is 10.3. The molecule has 0 atom stereocenters. The highest BCUT2D eigenvalue weighted by Crippen LogP contribution is 2.15. The molecule has 1 heterocycles. The predicted octanol–water partition coefficient (Wildman–Crippen LogP) is 0.568. The number of nitrogens with zero attached hydrogens (tertiary/aromatic N) is 3. The molecule has 0 fully saturated rings. The minimum atomic E-state index is -0.445. The molecule has 1 aromatic rings. The summed E-state index contributed by atoms with van der Waals surface area (Å²) >= 11 is 3.35. The molecule has 0 bridgehead atoms. The number of hydrogen-bond donors (Lipinski definition) is 2. The lowest BCUT2D eigenvalue weighted by molar-refractivity contribution is 0.0411. The number of hydrogen-bond acceptors (Lipinski definition) is 4. The van der Waals surface area contributed by atoms with Gasteiger partial charge in [0.2, 0.25) is 0 Å². The van der Waals surface area contributed by atoms with E-state index in [0.29, 0.717) is 6.54 Å². The molecule has 1 rings (SSSR count). The maximum absolute atomic E-state index is 9.21. The average molecular weight is 306 g/mol. The lowest BCUT2D eigenvalue weighted by atomic mass is 9.92. The Morgan fingerprint density at radius 1 is 1.47 bits per heavy atom. The summed E-state index contributed by atoms with van der Waals surface area (Å²) in [6.45, 7) is 4.11. The van der Waals surface area contributed by atoms with E-state index >= 15 is 0 Å².